The van der Waals surface area contributed by atoms with Crippen LogP contribution < -0.4 is 16.0 Å². The first-order valence-corrected chi connectivity index (χ1v) is 5.19. The molecule has 0 radical (unpaired) electrons. The molecule has 90 valence electrons. The zero-order valence-electron chi connectivity index (χ0n) is 9.45. The van der Waals surface area contributed by atoms with E-state index in [2.05, 4.69) is 10.6 Å². The first kappa shape index (κ1) is 12.4. The number of urea groups is 1. The summed E-state index contributed by atoms with van der Waals surface area (Å²) in [6.45, 7) is 2.75. The Kier molecular flexibility index (Phi) is 4.24. The molecule has 0 bridgehead atoms. The van der Waals surface area contributed by atoms with Gasteiger partial charge in [-0.3, -0.25) is 14.5 Å². The number of nitrogens with two attached hydrogens (primary N) is 1. The fourth-order valence-corrected chi connectivity index (χ4v) is 1.41. The summed E-state index contributed by atoms with van der Waals surface area (Å²) >= 11 is 0. The molecule has 0 aromatic rings. The molecule has 0 aromatic heterocycles. The van der Waals surface area contributed by atoms with Crippen LogP contribution in [0, 0.1) is 0 Å². The molecule has 1 fully saturated rings. The van der Waals surface area contributed by atoms with Gasteiger partial charge in [-0.05, 0) is 6.92 Å². The maximum Gasteiger partial charge on any atom is 0.324 e. The fraction of sp³-hybridized carbons (Fsp3) is 0.667. The average Bonchev–Trinajstić information content (AvgIpc) is 2.70. The van der Waals surface area contributed by atoms with Crippen LogP contribution in [0.4, 0.5) is 4.79 Å². The smallest absolute Gasteiger partial charge is 0.324 e. The van der Waals surface area contributed by atoms with Crippen LogP contribution in [0.1, 0.15) is 6.92 Å². The van der Waals surface area contributed by atoms with Gasteiger partial charge in [0, 0.05) is 20.1 Å². The van der Waals surface area contributed by atoms with E-state index in [1.165, 1.54) is 11.9 Å². The Morgan fingerprint density at radius 2 is 2.31 bits per heavy atom. The first-order valence-electron chi connectivity index (χ1n) is 5.19. The van der Waals surface area contributed by atoms with E-state index in [-0.39, 0.29) is 24.4 Å². The summed E-state index contributed by atoms with van der Waals surface area (Å²) in [4.78, 5) is 35.1. The van der Waals surface area contributed by atoms with Crippen LogP contribution in [-0.4, -0.2) is 55.5 Å². The number of likely N-dealkylation sites (N-methyl/N-ethyl adjacent to an activating group) is 1. The zero-order valence-corrected chi connectivity index (χ0v) is 9.45. The lowest BCUT2D eigenvalue weighted by Crippen LogP contribution is -2.93. The summed E-state index contributed by atoms with van der Waals surface area (Å²) in [5.74, 6) is -0.413. The number of imide groups is 1. The van der Waals surface area contributed by atoms with Crippen molar-refractivity contribution in [3.8, 4) is 0 Å². The van der Waals surface area contributed by atoms with Crippen molar-refractivity contribution in [2.24, 2.45) is 0 Å². The van der Waals surface area contributed by atoms with E-state index in [4.69, 9.17) is 0 Å². The van der Waals surface area contributed by atoms with Gasteiger partial charge in [0.2, 0.25) is 0 Å². The molecule has 1 atom stereocenters. The molecular formula is C9H17N4O3+. The number of rotatable bonds is 4. The Morgan fingerprint density at radius 3 is 2.81 bits per heavy atom. The van der Waals surface area contributed by atoms with E-state index < -0.39 is 6.04 Å². The summed E-state index contributed by atoms with van der Waals surface area (Å²) in [6.07, 6.45) is 0. The number of carbonyl (C=O) groups is 3. The zero-order chi connectivity index (χ0) is 12.1. The number of hydrogen-bond donors (Lipinski definition) is 3. The Balaban J connectivity index is 2.41. The maximum atomic E-state index is 11.8. The second kappa shape index (κ2) is 5.45. The first-order chi connectivity index (χ1) is 7.56. The minimum absolute atomic E-state index is 0.148. The second-order valence-electron chi connectivity index (χ2n) is 3.62. The van der Waals surface area contributed by atoms with Crippen molar-refractivity contribution in [1.29, 1.82) is 0 Å². The van der Waals surface area contributed by atoms with Crippen LogP contribution in [0.3, 0.4) is 0 Å². The van der Waals surface area contributed by atoms with Crippen molar-refractivity contribution in [1.82, 2.24) is 15.5 Å². The van der Waals surface area contributed by atoms with Crippen molar-refractivity contribution >= 4 is 17.8 Å². The van der Waals surface area contributed by atoms with E-state index in [1.807, 2.05) is 0 Å². The van der Waals surface area contributed by atoms with Gasteiger partial charge in [-0.1, -0.05) is 0 Å². The monoisotopic (exact) mass is 229 g/mol. The quantitative estimate of drug-likeness (QED) is 0.487. The third kappa shape index (κ3) is 2.93. The topological polar surface area (TPSA) is 95.1 Å². The second-order valence-corrected chi connectivity index (χ2v) is 3.62. The highest BCUT2D eigenvalue weighted by Gasteiger charge is 2.31. The van der Waals surface area contributed by atoms with Gasteiger partial charge < -0.3 is 16.0 Å². The van der Waals surface area contributed by atoms with Crippen molar-refractivity contribution < 1.29 is 19.7 Å². The van der Waals surface area contributed by atoms with E-state index >= 15 is 0 Å². The van der Waals surface area contributed by atoms with E-state index in [1.54, 1.807) is 12.2 Å². The van der Waals surface area contributed by atoms with Crippen LogP contribution in [0.15, 0.2) is 0 Å². The number of amides is 4. The van der Waals surface area contributed by atoms with Gasteiger partial charge in [0.05, 0.1) is 0 Å². The molecule has 0 aliphatic carbocycles. The van der Waals surface area contributed by atoms with Crippen LogP contribution in [0.5, 0.6) is 0 Å². The number of hydrogen-bond acceptors (Lipinski definition) is 3. The summed E-state index contributed by atoms with van der Waals surface area (Å²) in [7, 11) is 1.54. The van der Waals surface area contributed by atoms with Crippen molar-refractivity contribution in [2.45, 2.75) is 13.0 Å². The molecule has 1 aliphatic heterocycles. The maximum absolute atomic E-state index is 11.8. The van der Waals surface area contributed by atoms with E-state index in [9.17, 15) is 14.4 Å². The van der Waals surface area contributed by atoms with E-state index in [0.29, 0.717) is 13.1 Å². The molecule has 0 spiro atoms. The van der Waals surface area contributed by atoms with Gasteiger partial charge in [-0.15, -0.1) is 0 Å². The van der Waals surface area contributed by atoms with Gasteiger partial charge in [-0.25, -0.2) is 4.79 Å². The standard InChI is InChI=1S/C9H16N4O3/c1-6(12-5-7(14)10-2)8(15)13-4-3-11-9(13)16/h6,12H,3-5H2,1-2H3,(H,10,14)(H,11,16)/p+1/t6-/m1/s1. The van der Waals surface area contributed by atoms with E-state index in [0.717, 1.165) is 0 Å². The summed E-state index contributed by atoms with van der Waals surface area (Å²) < 4.78 is 0. The molecule has 7 heteroatoms. The number of quaternary nitrogens is 1. The Hall–Kier alpha value is -1.63. The lowest BCUT2D eigenvalue weighted by Gasteiger charge is -2.15. The molecule has 1 heterocycles. The molecular weight excluding hydrogens is 212 g/mol. The Morgan fingerprint density at radius 1 is 1.62 bits per heavy atom. The van der Waals surface area contributed by atoms with Crippen LogP contribution in [-0.2, 0) is 9.59 Å². The lowest BCUT2D eigenvalue weighted by molar-refractivity contribution is -0.663. The van der Waals surface area contributed by atoms with Crippen LogP contribution >= 0.6 is 0 Å². The van der Waals surface area contributed by atoms with Gasteiger partial charge in [-0.2, -0.15) is 0 Å². The van der Waals surface area contributed by atoms with Gasteiger partial charge >= 0.3 is 6.03 Å². The lowest BCUT2D eigenvalue weighted by atomic mass is 10.3. The summed E-state index contributed by atoms with van der Waals surface area (Å²) in [5, 5.41) is 6.62. The molecule has 16 heavy (non-hydrogen) atoms. The molecule has 1 saturated heterocycles. The fourth-order valence-electron chi connectivity index (χ4n) is 1.41. The minimum atomic E-state index is -0.429. The molecule has 7 nitrogen and oxygen atoms in total. The van der Waals surface area contributed by atoms with Gasteiger partial charge in [0.15, 0.2) is 12.6 Å². The summed E-state index contributed by atoms with van der Waals surface area (Å²) in [5.41, 5.74) is 0. The van der Waals surface area contributed by atoms with Crippen molar-refractivity contribution in [3.05, 3.63) is 0 Å². The van der Waals surface area contributed by atoms with Crippen LogP contribution in [0.25, 0.3) is 0 Å². The Bertz CT molecular complexity index is 305. The third-order valence-corrected chi connectivity index (χ3v) is 2.45. The number of nitrogens with zero attached hydrogens (tertiary/aromatic N) is 1. The largest absolute Gasteiger partial charge is 0.354 e. The average molecular weight is 229 g/mol. The number of nitrogens with one attached hydrogen (secondary N) is 2. The van der Waals surface area contributed by atoms with Gasteiger partial charge in [0.25, 0.3) is 11.8 Å². The molecule has 0 aromatic carbocycles. The molecule has 1 aliphatic rings. The highest BCUT2D eigenvalue weighted by molar-refractivity contribution is 5.97. The number of carbonyl (C=O) groups excluding carboxylic acids is 3. The molecule has 0 unspecified atom stereocenters. The van der Waals surface area contributed by atoms with Crippen molar-refractivity contribution in [3.63, 3.8) is 0 Å². The normalized spacial score (nSPS) is 16.9. The van der Waals surface area contributed by atoms with Crippen LogP contribution in [0.2, 0.25) is 0 Å². The molecule has 4 amide bonds. The summed E-state index contributed by atoms with van der Waals surface area (Å²) in [6, 6.07) is -0.786. The molecule has 4 N–H and O–H groups in total. The Labute approximate surface area is 93.5 Å². The van der Waals surface area contributed by atoms with Gasteiger partial charge in [0.1, 0.15) is 0 Å². The highest BCUT2D eigenvalue weighted by atomic mass is 16.2. The molecule has 0 saturated carbocycles. The SMILES string of the molecule is CNC(=O)C[NH2+][C@H](C)C(=O)N1CCNC1=O. The third-order valence-electron chi connectivity index (χ3n) is 2.45. The minimum Gasteiger partial charge on any atom is -0.354 e. The predicted octanol–water partition coefficient (Wildman–Crippen LogP) is -2.76. The predicted molar refractivity (Wildman–Crippen MR) is 55.4 cm³/mol. The highest BCUT2D eigenvalue weighted by Crippen LogP contribution is 1.98. The van der Waals surface area contributed by atoms with Crippen molar-refractivity contribution in [2.75, 3.05) is 26.7 Å². The molecule has 1 rings (SSSR count).